The second-order valence-corrected chi connectivity index (χ2v) is 10.5. The topological polar surface area (TPSA) is 69.7 Å². The predicted octanol–water partition coefficient (Wildman–Crippen LogP) is 3.25. The summed E-state index contributed by atoms with van der Waals surface area (Å²) in [6, 6.07) is 15.4. The molecule has 0 radical (unpaired) electrons. The SMILES string of the molecule is O=C(NCc1cccs1)c1sccc1S(=O)(=O)N1CCN(c2ccccc2)CC1. The van der Waals surface area contributed by atoms with E-state index >= 15 is 0 Å². The molecule has 0 bridgehead atoms. The van der Waals surface area contributed by atoms with E-state index in [0.717, 1.165) is 21.9 Å². The summed E-state index contributed by atoms with van der Waals surface area (Å²) < 4.78 is 27.8. The number of anilines is 1. The van der Waals surface area contributed by atoms with Crippen LogP contribution in [0.5, 0.6) is 0 Å². The molecule has 1 aromatic carbocycles. The largest absolute Gasteiger partial charge is 0.369 e. The van der Waals surface area contributed by atoms with Gasteiger partial charge in [0.15, 0.2) is 0 Å². The van der Waals surface area contributed by atoms with Crippen LogP contribution in [0.2, 0.25) is 0 Å². The van der Waals surface area contributed by atoms with Crippen molar-refractivity contribution in [3.05, 3.63) is 69.0 Å². The Balaban J connectivity index is 1.44. The number of piperazine rings is 1. The molecule has 1 aliphatic heterocycles. The van der Waals surface area contributed by atoms with Crippen LogP contribution in [-0.2, 0) is 16.6 Å². The molecular weight excluding hydrogens is 426 g/mol. The Labute approximate surface area is 178 Å². The maximum atomic E-state index is 13.2. The van der Waals surface area contributed by atoms with Gasteiger partial charge < -0.3 is 10.2 Å². The van der Waals surface area contributed by atoms with Crippen LogP contribution in [0.25, 0.3) is 0 Å². The Kier molecular flexibility index (Phi) is 6.00. The van der Waals surface area contributed by atoms with Gasteiger partial charge in [-0.15, -0.1) is 22.7 Å². The smallest absolute Gasteiger partial charge is 0.263 e. The van der Waals surface area contributed by atoms with E-state index in [-0.39, 0.29) is 15.7 Å². The molecule has 0 saturated carbocycles. The van der Waals surface area contributed by atoms with E-state index in [1.807, 2.05) is 47.8 Å². The Hall–Kier alpha value is -2.20. The van der Waals surface area contributed by atoms with Gasteiger partial charge in [-0.25, -0.2) is 8.42 Å². The van der Waals surface area contributed by atoms with Crippen LogP contribution in [0.1, 0.15) is 14.5 Å². The minimum atomic E-state index is -3.71. The molecule has 0 spiro atoms. The van der Waals surface area contributed by atoms with Gasteiger partial charge in [0, 0.05) is 36.7 Å². The molecule has 2 aromatic heterocycles. The zero-order valence-electron chi connectivity index (χ0n) is 15.7. The molecule has 4 rings (SSSR count). The predicted molar refractivity (Wildman–Crippen MR) is 117 cm³/mol. The number of carbonyl (C=O) groups is 1. The first-order valence-electron chi connectivity index (χ1n) is 9.24. The summed E-state index contributed by atoms with van der Waals surface area (Å²) in [5.74, 6) is -0.352. The van der Waals surface area contributed by atoms with Crippen molar-refractivity contribution >= 4 is 44.3 Å². The highest BCUT2D eigenvalue weighted by atomic mass is 32.2. The number of thiophene rings is 2. The molecule has 3 heterocycles. The molecule has 6 nitrogen and oxygen atoms in total. The maximum absolute atomic E-state index is 13.2. The summed E-state index contributed by atoms with van der Waals surface area (Å²) in [5.41, 5.74) is 1.09. The zero-order valence-corrected chi connectivity index (χ0v) is 18.1. The molecule has 0 atom stereocenters. The lowest BCUT2D eigenvalue weighted by Crippen LogP contribution is -2.48. The summed E-state index contributed by atoms with van der Waals surface area (Å²) in [7, 11) is -3.71. The first kappa shape index (κ1) is 20.1. The van der Waals surface area contributed by atoms with Gasteiger partial charge >= 0.3 is 0 Å². The fourth-order valence-electron chi connectivity index (χ4n) is 3.29. The number of amides is 1. The number of hydrogen-bond acceptors (Lipinski definition) is 6. The third-order valence-corrected chi connectivity index (χ3v) is 8.68. The monoisotopic (exact) mass is 447 g/mol. The second kappa shape index (κ2) is 8.66. The van der Waals surface area contributed by atoms with Gasteiger partial charge in [0.1, 0.15) is 9.77 Å². The van der Waals surface area contributed by atoms with Gasteiger partial charge in [0.05, 0.1) is 6.54 Å². The third kappa shape index (κ3) is 4.37. The Morgan fingerprint density at radius 2 is 1.69 bits per heavy atom. The van der Waals surface area contributed by atoms with Crippen LogP contribution in [0, 0.1) is 0 Å². The molecule has 1 amide bonds. The number of rotatable bonds is 6. The van der Waals surface area contributed by atoms with Crippen molar-refractivity contribution in [3.8, 4) is 0 Å². The van der Waals surface area contributed by atoms with Crippen molar-refractivity contribution in [2.45, 2.75) is 11.4 Å². The highest BCUT2D eigenvalue weighted by Crippen LogP contribution is 2.27. The van der Waals surface area contributed by atoms with E-state index in [4.69, 9.17) is 0 Å². The Bertz CT molecular complexity index is 1050. The van der Waals surface area contributed by atoms with Gasteiger partial charge in [-0.2, -0.15) is 4.31 Å². The Morgan fingerprint density at radius 1 is 0.931 bits per heavy atom. The van der Waals surface area contributed by atoms with E-state index < -0.39 is 10.0 Å². The van der Waals surface area contributed by atoms with E-state index in [1.165, 1.54) is 10.4 Å². The average molecular weight is 448 g/mol. The van der Waals surface area contributed by atoms with Crippen molar-refractivity contribution in [1.29, 1.82) is 0 Å². The molecule has 1 N–H and O–H groups in total. The number of sulfonamides is 1. The van der Waals surface area contributed by atoms with Crippen LogP contribution in [0.15, 0.2) is 64.2 Å². The standard InChI is InChI=1S/C20H21N3O3S3/c24-20(21-15-17-7-4-13-27-17)19-18(8-14-28-19)29(25,26)23-11-9-22(10-12-23)16-5-2-1-3-6-16/h1-8,13-14H,9-12,15H2,(H,21,24). The lowest BCUT2D eigenvalue weighted by Gasteiger charge is -2.35. The molecule has 29 heavy (non-hydrogen) atoms. The van der Waals surface area contributed by atoms with E-state index in [1.54, 1.807) is 16.7 Å². The van der Waals surface area contributed by atoms with Crippen LogP contribution in [-0.4, -0.2) is 44.8 Å². The number of hydrogen-bond donors (Lipinski definition) is 1. The molecule has 1 fully saturated rings. The van der Waals surface area contributed by atoms with E-state index in [0.29, 0.717) is 32.7 Å². The molecular formula is C20H21N3O3S3. The third-order valence-electron chi connectivity index (χ3n) is 4.82. The lowest BCUT2D eigenvalue weighted by atomic mass is 10.2. The first-order chi connectivity index (χ1) is 14.1. The Morgan fingerprint density at radius 3 is 2.38 bits per heavy atom. The fraction of sp³-hybridized carbons (Fsp3) is 0.250. The van der Waals surface area contributed by atoms with Crippen LogP contribution < -0.4 is 10.2 Å². The van der Waals surface area contributed by atoms with Crippen LogP contribution in [0.4, 0.5) is 5.69 Å². The van der Waals surface area contributed by atoms with Gasteiger partial charge in [-0.1, -0.05) is 24.3 Å². The van der Waals surface area contributed by atoms with Gasteiger partial charge in [0.25, 0.3) is 5.91 Å². The summed E-state index contributed by atoms with van der Waals surface area (Å²) >= 11 is 2.71. The van der Waals surface area contributed by atoms with Crippen molar-refractivity contribution in [2.75, 3.05) is 31.1 Å². The first-order valence-corrected chi connectivity index (χ1v) is 12.4. The van der Waals surface area contributed by atoms with Crippen LogP contribution in [0.3, 0.4) is 0 Å². The molecule has 152 valence electrons. The summed E-state index contributed by atoms with van der Waals surface area (Å²) in [6.45, 7) is 2.41. The molecule has 1 saturated heterocycles. The van der Waals surface area contributed by atoms with Crippen molar-refractivity contribution in [3.63, 3.8) is 0 Å². The number of nitrogens with one attached hydrogen (secondary N) is 1. The zero-order chi connectivity index (χ0) is 20.3. The fourth-order valence-corrected chi connectivity index (χ4v) is 6.68. The van der Waals surface area contributed by atoms with Crippen LogP contribution >= 0.6 is 22.7 Å². The van der Waals surface area contributed by atoms with E-state index in [2.05, 4.69) is 10.2 Å². The minimum absolute atomic E-state index is 0.0966. The minimum Gasteiger partial charge on any atom is -0.369 e. The lowest BCUT2D eigenvalue weighted by molar-refractivity contribution is 0.0952. The second-order valence-electron chi connectivity index (χ2n) is 6.60. The summed E-state index contributed by atoms with van der Waals surface area (Å²) in [4.78, 5) is 16.1. The molecule has 0 unspecified atom stereocenters. The summed E-state index contributed by atoms with van der Waals surface area (Å²) in [5, 5.41) is 6.42. The maximum Gasteiger partial charge on any atom is 0.263 e. The van der Waals surface area contributed by atoms with Crippen molar-refractivity contribution in [1.82, 2.24) is 9.62 Å². The molecule has 9 heteroatoms. The number of carbonyl (C=O) groups excluding carboxylic acids is 1. The molecule has 1 aliphatic rings. The van der Waals surface area contributed by atoms with Gasteiger partial charge in [0.2, 0.25) is 10.0 Å². The quantitative estimate of drug-likeness (QED) is 0.630. The van der Waals surface area contributed by atoms with Crippen molar-refractivity contribution in [2.24, 2.45) is 0 Å². The highest BCUT2D eigenvalue weighted by molar-refractivity contribution is 7.89. The van der Waals surface area contributed by atoms with Crippen molar-refractivity contribution < 1.29 is 13.2 Å². The normalized spacial score (nSPS) is 15.4. The number of para-hydroxylation sites is 1. The average Bonchev–Trinajstić information content (AvgIpc) is 3.45. The summed E-state index contributed by atoms with van der Waals surface area (Å²) in [6.07, 6.45) is 0. The molecule has 0 aliphatic carbocycles. The van der Waals surface area contributed by atoms with Gasteiger partial charge in [-0.05, 0) is 35.0 Å². The van der Waals surface area contributed by atoms with E-state index in [9.17, 15) is 13.2 Å². The molecule has 3 aromatic rings. The van der Waals surface area contributed by atoms with Gasteiger partial charge in [-0.3, -0.25) is 4.79 Å². The highest BCUT2D eigenvalue weighted by Gasteiger charge is 2.32. The number of benzene rings is 1. The number of nitrogens with zero attached hydrogens (tertiary/aromatic N) is 2.